The summed E-state index contributed by atoms with van der Waals surface area (Å²) in [5.41, 5.74) is 0.601. The fraction of sp³-hybridized carbons (Fsp3) is 0.200. The molecule has 0 bridgehead atoms. The van der Waals surface area contributed by atoms with Gasteiger partial charge >= 0.3 is 0 Å². The van der Waals surface area contributed by atoms with E-state index in [1.54, 1.807) is 31.5 Å². The molecule has 7 nitrogen and oxygen atoms in total. The lowest BCUT2D eigenvalue weighted by molar-refractivity contribution is -0.384. The van der Waals surface area contributed by atoms with Gasteiger partial charge in [0.2, 0.25) is 5.91 Å². The second kappa shape index (κ2) is 6.66. The summed E-state index contributed by atoms with van der Waals surface area (Å²) in [6.45, 7) is 0.390. The third-order valence-corrected chi connectivity index (χ3v) is 3.18. The molecule has 0 unspecified atom stereocenters. The molecule has 2 rings (SSSR count). The number of amides is 1. The number of imidazole rings is 1. The first-order valence-electron chi connectivity index (χ1n) is 6.61. The highest BCUT2D eigenvalue weighted by molar-refractivity contribution is 5.91. The van der Waals surface area contributed by atoms with Crippen molar-refractivity contribution in [2.24, 2.45) is 7.05 Å². The zero-order chi connectivity index (χ0) is 16.1. The van der Waals surface area contributed by atoms with E-state index in [9.17, 15) is 14.9 Å². The summed E-state index contributed by atoms with van der Waals surface area (Å²) in [5.74, 6) is 0.578. The van der Waals surface area contributed by atoms with Crippen molar-refractivity contribution in [3.8, 4) is 0 Å². The molecule has 2 aromatic rings. The Morgan fingerprint density at radius 2 is 2.27 bits per heavy atom. The summed E-state index contributed by atoms with van der Waals surface area (Å²) in [7, 11) is 3.54. The van der Waals surface area contributed by atoms with Crippen LogP contribution in [0.4, 0.5) is 5.69 Å². The lowest BCUT2D eigenvalue weighted by Crippen LogP contribution is -2.25. The van der Waals surface area contributed by atoms with Gasteiger partial charge in [-0.05, 0) is 11.6 Å². The number of aryl methyl sites for hydroxylation is 1. The minimum atomic E-state index is -0.466. The fourth-order valence-electron chi connectivity index (χ4n) is 1.88. The Balaban J connectivity index is 2.03. The van der Waals surface area contributed by atoms with Gasteiger partial charge in [0.1, 0.15) is 5.82 Å². The number of carbonyl (C=O) groups excluding carboxylic acids is 1. The zero-order valence-corrected chi connectivity index (χ0v) is 12.3. The van der Waals surface area contributed by atoms with Gasteiger partial charge in [-0.15, -0.1) is 0 Å². The van der Waals surface area contributed by atoms with E-state index in [1.165, 1.54) is 23.1 Å². The number of hydrogen-bond donors (Lipinski definition) is 0. The molecule has 0 spiro atoms. The van der Waals surface area contributed by atoms with E-state index < -0.39 is 4.92 Å². The average Bonchev–Trinajstić information content (AvgIpc) is 2.90. The van der Waals surface area contributed by atoms with Gasteiger partial charge < -0.3 is 9.47 Å². The molecule has 0 N–H and O–H groups in total. The largest absolute Gasteiger partial charge is 0.337 e. The maximum absolute atomic E-state index is 12.0. The SMILES string of the molecule is CN(Cc1nccn1C)C(=O)C=Cc1cccc([N+](=O)[O-])c1. The minimum Gasteiger partial charge on any atom is -0.337 e. The molecule has 22 heavy (non-hydrogen) atoms. The zero-order valence-electron chi connectivity index (χ0n) is 12.3. The van der Waals surface area contributed by atoms with E-state index in [0.717, 1.165) is 5.82 Å². The van der Waals surface area contributed by atoms with Crippen molar-refractivity contribution >= 4 is 17.7 Å². The molecular weight excluding hydrogens is 284 g/mol. The molecular formula is C15H16N4O3. The van der Waals surface area contributed by atoms with Gasteiger partial charge in [0.25, 0.3) is 5.69 Å². The van der Waals surface area contributed by atoms with E-state index in [0.29, 0.717) is 12.1 Å². The van der Waals surface area contributed by atoms with Crippen LogP contribution in [-0.2, 0) is 18.4 Å². The second-order valence-electron chi connectivity index (χ2n) is 4.83. The molecule has 1 heterocycles. The Morgan fingerprint density at radius 1 is 1.50 bits per heavy atom. The van der Waals surface area contributed by atoms with Crippen LogP contribution in [0, 0.1) is 10.1 Å². The molecule has 0 aliphatic rings. The maximum Gasteiger partial charge on any atom is 0.270 e. The highest BCUT2D eigenvalue weighted by Gasteiger charge is 2.09. The summed E-state index contributed by atoms with van der Waals surface area (Å²) in [6.07, 6.45) is 6.44. The number of likely N-dealkylation sites (N-methyl/N-ethyl adjacent to an activating group) is 1. The topological polar surface area (TPSA) is 81.3 Å². The molecule has 0 radical (unpaired) electrons. The normalized spacial score (nSPS) is 10.8. The van der Waals surface area contributed by atoms with Crippen LogP contribution < -0.4 is 0 Å². The van der Waals surface area contributed by atoms with Crippen LogP contribution in [-0.4, -0.2) is 32.3 Å². The summed E-state index contributed by atoms with van der Waals surface area (Å²) in [5, 5.41) is 10.7. The molecule has 0 fully saturated rings. The van der Waals surface area contributed by atoms with Crippen LogP contribution in [0.25, 0.3) is 6.08 Å². The van der Waals surface area contributed by atoms with Crippen molar-refractivity contribution in [2.75, 3.05) is 7.05 Å². The Hall–Kier alpha value is -2.96. The molecule has 0 atom stereocenters. The molecule has 0 aliphatic heterocycles. The highest BCUT2D eigenvalue weighted by Crippen LogP contribution is 2.14. The van der Waals surface area contributed by atoms with E-state index in [2.05, 4.69) is 4.98 Å². The van der Waals surface area contributed by atoms with Crippen LogP contribution in [0.5, 0.6) is 0 Å². The highest BCUT2D eigenvalue weighted by atomic mass is 16.6. The summed E-state index contributed by atoms with van der Waals surface area (Å²) in [6, 6.07) is 6.12. The molecule has 0 saturated heterocycles. The number of rotatable bonds is 5. The Morgan fingerprint density at radius 3 is 2.91 bits per heavy atom. The smallest absolute Gasteiger partial charge is 0.270 e. The van der Waals surface area contributed by atoms with Crippen LogP contribution >= 0.6 is 0 Å². The van der Waals surface area contributed by atoms with Crippen LogP contribution in [0.3, 0.4) is 0 Å². The maximum atomic E-state index is 12.0. The van der Waals surface area contributed by atoms with Crippen LogP contribution in [0.1, 0.15) is 11.4 Å². The Kier molecular flexibility index (Phi) is 4.67. The summed E-state index contributed by atoms with van der Waals surface area (Å²) in [4.78, 5) is 28.0. The third-order valence-electron chi connectivity index (χ3n) is 3.18. The molecule has 0 saturated carbocycles. The van der Waals surface area contributed by atoms with Gasteiger partial charge in [-0.3, -0.25) is 14.9 Å². The molecule has 0 aliphatic carbocycles. The van der Waals surface area contributed by atoms with E-state index in [-0.39, 0.29) is 11.6 Å². The van der Waals surface area contributed by atoms with Crippen molar-refractivity contribution in [1.29, 1.82) is 0 Å². The number of nitro benzene ring substituents is 1. The Labute approximate surface area is 127 Å². The average molecular weight is 300 g/mol. The van der Waals surface area contributed by atoms with Gasteiger partial charge in [0.05, 0.1) is 11.5 Å². The van der Waals surface area contributed by atoms with Gasteiger partial charge in [-0.25, -0.2) is 4.98 Å². The standard InChI is InChI=1S/C15H16N4O3/c1-17-9-8-16-14(17)11-18(2)15(20)7-6-12-4-3-5-13(10-12)19(21)22/h3-10H,11H2,1-2H3. The first kappa shape index (κ1) is 15.4. The minimum absolute atomic E-state index is 0.00374. The first-order valence-corrected chi connectivity index (χ1v) is 6.61. The fourth-order valence-corrected chi connectivity index (χ4v) is 1.88. The van der Waals surface area contributed by atoms with Crippen molar-refractivity contribution in [3.63, 3.8) is 0 Å². The van der Waals surface area contributed by atoms with Crippen molar-refractivity contribution < 1.29 is 9.72 Å². The molecule has 1 aromatic heterocycles. The van der Waals surface area contributed by atoms with Crippen LogP contribution in [0.15, 0.2) is 42.7 Å². The third kappa shape index (κ3) is 3.78. The molecule has 1 amide bonds. The predicted octanol–water partition coefficient (Wildman–Crippen LogP) is 2.00. The van der Waals surface area contributed by atoms with Crippen molar-refractivity contribution in [3.05, 3.63) is 64.2 Å². The van der Waals surface area contributed by atoms with Gasteiger partial charge in [0.15, 0.2) is 0 Å². The second-order valence-corrected chi connectivity index (χ2v) is 4.83. The monoisotopic (exact) mass is 300 g/mol. The van der Waals surface area contributed by atoms with Gasteiger partial charge in [0, 0.05) is 44.7 Å². The van der Waals surface area contributed by atoms with Gasteiger partial charge in [-0.2, -0.15) is 0 Å². The number of hydrogen-bond acceptors (Lipinski definition) is 4. The number of benzene rings is 1. The number of non-ortho nitro benzene ring substituents is 1. The lowest BCUT2D eigenvalue weighted by atomic mass is 10.2. The van der Waals surface area contributed by atoms with Crippen molar-refractivity contribution in [2.45, 2.75) is 6.54 Å². The molecule has 7 heteroatoms. The quantitative estimate of drug-likeness (QED) is 0.480. The number of aromatic nitrogens is 2. The van der Waals surface area contributed by atoms with E-state index in [4.69, 9.17) is 0 Å². The lowest BCUT2D eigenvalue weighted by Gasteiger charge is -2.14. The first-order chi connectivity index (χ1) is 10.5. The van der Waals surface area contributed by atoms with E-state index >= 15 is 0 Å². The van der Waals surface area contributed by atoms with Gasteiger partial charge in [-0.1, -0.05) is 12.1 Å². The molecule has 1 aromatic carbocycles. The Bertz CT molecular complexity index is 721. The number of nitrogens with zero attached hydrogens (tertiary/aromatic N) is 4. The number of carbonyl (C=O) groups is 1. The number of nitro groups is 1. The molecule has 114 valence electrons. The summed E-state index contributed by atoms with van der Waals surface area (Å²) >= 11 is 0. The van der Waals surface area contributed by atoms with Crippen molar-refractivity contribution in [1.82, 2.24) is 14.5 Å². The van der Waals surface area contributed by atoms with E-state index in [1.807, 2.05) is 17.8 Å². The summed E-state index contributed by atoms with van der Waals surface area (Å²) < 4.78 is 1.84. The predicted molar refractivity (Wildman–Crippen MR) is 81.8 cm³/mol. The van der Waals surface area contributed by atoms with Crippen LogP contribution in [0.2, 0.25) is 0 Å².